The molecule has 0 spiro atoms. The molecule has 0 saturated carbocycles. The van der Waals surface area contributed by atoms with E-state index in [-0.39, 0.29) is 39.3 Å². The quantitative estimate of drug-likeness (QED) is 0.150. The number of nitrogens with zero attached hydrogens (tertiary/aromatic N) is 2. The van der Waals surface area contributed by atoms with Crippen LogP contribution in [0.25, 0.3) is 0 Å². The molecular weight excluding hydrogens is 718 g/mol. The van der Waals surface area contributed by atoms with Crippen LogP contribution in [-0.2, 0) is 35.0 Å². The van der Waals surface area contributed by atoms with Crippen LogP contribution in [0.3, 0.4) is 0 Å². The van der Waals surface area contributed by atoms with Crippen LogP contribution >= 0.6 is 0 Å². The summed E-state index contributed by atoms with van der Waals surface area (Å²) in [6.07, 6.45) is -2.13. The SMILES string of the molecule is CC(=O)O.CC(C)(C)OC(=O)NCCN(CC(Cc1ccc(NC(=O)CO)cc1)CN(CCNC(=O)OC(C)(C)C)C(=O)OC(C)(C)C)C(=O)OC(C)(C)C. The minimum absolute atomic E-state index is 0.0652. The van der Waals surface area contributed by atoms with Gasteiger partial charge < -0.3 is 54.9 Å². The predicted molar refractivity (Wildman–Crippen MR) is 207 cm³/mol. The third-order valence-corrected chi connectivity index (χ3v) is 6.27. The van der Waals surface area contributed by atoms with Gasteiger partial charge >= 0.3 is 24.4 Å². The number of aliphatic hydroxyl groups excluding tert-OH is 1. The van der Waals surface area contributed by atoms with Crippen molar-refractivity contribution in [2.75, 3.05) is 51.2 Å². The lowest BCUT2D eigenvalue weighted by atomic mass is 9.97. The number of aliphatic carboxylic acids is 1. The van der Waals surface area contributed by atoms with E-state index in [2.05, 4.69) is 16.0 Å². The van der Waals surface area contributed by atoms with E-state index in [1.165, 1.54) is 9.80 Å². The molecule has 0 fully saturated rings. The van der Waals surface area contributed by atoms with Gasteiger partial charge in [-0.1, -0.05) is 12.1 Å². The minimum atomic E-state index is -0.833. The molecule has 0 heterocycles. The second-order valence-electron chi connectivity index (χ2n) is 16.7. The molecule has 5 N–H and O–H groups in total. The molecule has 1 aromatic rings. The zero-order valence-electron chi connectivity index (χ0n) is 34.9. The molecule has 0 atom stereocenters. The van der Waals surface area contributed by atoms with Crippen molar-refractivity contribution >= 4 is 41.9 Å². The molecule has 55 heavy (non-hydrogen) atoms. The van der Waals surface area contributed by atoms with Gasteiger partial charge in [-0.2, -0.15) is 0 Å². The van der Waals surface area contributed by atoms with Crippen LogP contribution in [0.15, 0.2) is 24.3 Å². The summed E-state index contributed by atoms with van der Waals surface area (Å²) in [4.78, 5) is 75.4. The number of benzene rings is 1. The summed E-state index contributed by atoms with van der Waals surface area (Å²) in [5, 5.41) is 24.4. The summed E-state index contributed by atoms with van der Waals surface area (Å²) in [5.74, 6) is -1.80. The van der Waals surface area contributed by atoms with Crippen molar-refractivity contribution in [3.8, 4) is 0 Å². The molecule has 314 valence electrons. The highest BCUT2D eigenvalue weighted by atomic mass is 16.6. The van der Waals surface area contributed by atoms with E-state index in [4.69, 9.17) is 34.0 Å². The Morgan fingerprint density at radius 3 is 1.29 bits per heavy atom. The topological polar surface area (TPSA) is 222 Å². The van der Waals surface area contributed by atoms with Crippen LogP contribution in [0, 0.1) is 5.92 Å². The second kappa shape index (κ2) is 22.5. The van der Waals surface area contributed by atoms with Crippen molar-refractivity contribution in [3.05, 3.63) is 29.8 Å². The summed E-state index contributed by atoms with van der Waals surface area (Å²) in [6.45, 7) is 21.9. The average molecular weight is 784 g/mol. The fourth-order valence-electron chi connectivity index (χ4n) is 4.45. The van der Waals surface area contributed by atoms with Gasteiger partial charge in [0.25, 0.3) is 5.97 Å². The van der Waals surface area contributed by atoms with Gasteiger partial charge in [-0.15, -0.1) is 0 Å². The maximum Gasteiger partial charge on any atom is 0.410 e. The molecule has 17 heteroatoms. The van der Waals surface area contributed by atoms with Crippen LogP contribution in [0.4, 0.5) is 24.9 Å². The number of nitrogens with one attached hydrogen (secondary N) is 3. The van der Waals surface area contributed by atoms with Crippen LogP contribution in [0.5, 0.6) is 0 Å². The van der Waals surface area contributed by atoms with Crippen molar-refractivity contribution in [1.29, 1.82) is 0 Å². The number of alkyl carbamates (subject to hydrolysis) is 2. The summed E-state index contributed by atoms with van der Waals surface area (Å²) in [6, 6.07) is 6.97. The molecular formula is C38H65N5O12. The molecule has 1 rings (SSSR count). The van der Waals surface area contributed by atoms with Crippen LogP contribution in [-0.4, -0.2) is 125 Å². The minimum Gasteiger partial charge on any atom is -0.481 e. The van der Waals surface area contributed by atoms with Gasteiger partial charge in [0.1, 0.15) is 29.0 Å². The lowest BCUT2D eigenvalue weighted by Crippen LogP contribution is -2.48. The monoisotopic (exact) mass is 783 g/mol. The summed E-state index contributed by atoms with van der Waals surface area (Å²) < 4.78 is 22.1. The Morgan fingerprint density at radius 1 is 0.636 bits per heavy atom. The van der Waals surface area contributed by atoms with Crippen molar-refractivity contribution in [2.45, 2.75) is 119 Å². The molecule has 5 amide bonds. The standard InChI is InChI=1S/C36H61N5O10.C2H4O2/c1-33(2,3)48-29(44)37-17-19-40(31(46)50-35(7,8)9)22-26(21-25-13-15-27(16-14-25)39-28(43)24-42)23-41(32(47)51-36(10,11)12)20-18-38-30(45)49-34(4,5)6;1-2(3)4/h13-16,26,42H,17-24H2,1-12H3,(H,37,44)(H,38,45)(H,39,43);1H3,(H,3,4). The van der Waals surface area contributed by atoms with Crippen molar-refractivity contribution in [3.63, 3.8) is 0 Å². The number of rotatable bonds is 14. The average Bonchev–Trinajstić information content (AvgIpc) is 2.97. The van der Waals surface area contributed by atoms with E-state index in [0.717, 1.165) is 12.5 Å². The molecule has 0 aliphatic rings. The number of aliphatic hydroxyl groups is 1. The molecule has 0 aliphatic heterocycles. The maximum atomic E-state index is 13.5. The number of carbonyl (C=O) groups excluding carboxylic acids is 5. The van der Waals surface area contributed by atoms with E-state index in [0.29, 0.717) is 12.1 Å². The smallest absolute Gasteiger partial charge is 0.410 e. The zero-order valence-corrected chi connectivity index (χ0v) is 34.9. The number of hydrogen-bond acceptors (Lipinski definition) is 11. The Morgan fingerprint density at radius 2 is 0.982 bits per heavy atom. The molecule has 0 bridgehead atoms. The third-order valence-electron chi connectivity index (χ3n) is 6.27. The van der Waals surface area contributed by atoms with E-state index in [1.54, 1.807) is 107 Å². The number of ether oxygens (including phenoxy) is 4. The fraction of sp³-hybridized carbons (Fsp3) is 0.684. The van der Waals surface area contributed by atoms with Gasteiger partial charge in [0.2, 0.25) is 5.91 Å². The summed E-state index contributed by atoms with van der Waals surface area (Å²) in [7, 11) is 0. The van der Waals surface area contributed by atoms with Gasteiger partial charge in [-0.3, -0.25) is 9.59 Å². The second-order valence-corrected chi connectivity index (χ2v) is 16.7. The number of carbonyl (C=O) groups is 6. The van der Waals surface area contributed by atoms with Gasteiger partial charge in [0, 0.05) is 51.9 Å². The zero-order chi connectivity index (χ0) is 42.8. The van der Waals surface area contributed by atoms with Crippen LogP contribution in [0.2, 0.25) is 0 Å². The van der Waals surface area contributed by atoms with E-state index >= 15 is 0 Å². The molecule has 0 aromatic heterocycles. The van der Waals surface area contributed by atoms with E-state index in [9.17, 15) is 24.0 Å². The van der Waals surface area contributed by atoms with Gasteiger partial charge in [0.15, 0.2) is 0 Å². The lowest BCUT2D eigenvalue weighted by molar-refractivity contribution is -0.134. The van der Waals surface area contributed by atoms with Crippen molar-refractivity contribution in [1.82, 2.24) is 20.4 Å². The lowest BCUT2D eigenvalue weighted by Gasteiger charge is -2.34. The summed E-state index contributed by atoms with van der Waals surface area (Å²) in [5.41, 5.74) is -1.72. The van der Waals surface area contributed by atoms with E-state index < -0.39 is 71.2 Å². The van der Waals surface area contributed by atoms with Crippen molar-refractivity contribution < 1.29 is 57.9 Å². The first-order valence-corrected chi connectivity index (χ1v) is 18.1. The van der Waals surface area contributed by atoms with E-state index in [1.807, 2.05) is 0 Å². The number of carboxylic acids is 1. The first-order valence-electron chi connectivity index (χ1n) is 18.1. The fourth-order valence-corrected chi connectivity index (χ4v) is 4.45. The molecule has 17 nitrogen and oxygen atoms in total. The van der Waals surface area contributed by atoms with Gasteiger partial charge in [-0.05, 0) is 113 Å². The Kier molecular flexibility index (Phi) is 20.6. The third kappa shape index (κ3) is 27.4. The Bertz CT molecular complexity index is 1320. The molecule has 0 saturated heterocycles. The first kappa shape index (κ1) is 50.2. The molecule has 0 radical (unpaired) electrons. The highest BCUT2D eigenvalue weighted by Crippen LogP contribution is 2.20. The number of carboxylic acid groups (broad SMARTS) is 1. The Balaban J connectivity index is 0.00000692. The summed E-state index contributed by atoms with van der Waals surface area (Å²) >= 11 is 0. The van der Waals surface area contributed by atoms with Crippen LogP contribution < -0.4 is 16.0 Å². The number of hydrogen-bond donors (Lipinski definition) is 5. The maximum absolute atomic E-state index is 13.5. The normalized spacial score (nSPS) is 11.6. The highest BCUT2D eigenvalue weighted by molar-refractivity contribution is 5.91. The number of anilines is 1. The molecule has 0 unspecified atom stereocenters. The predicted octanol–water partition coefficient (Wildman–Crippen LogP) is 5.39. The van der Waals surface area contributed by atoms with Crippen LogP contribution in [0.1, 0.15) is 95.6 Å². The number of amides is 5. The van der Waals surface area contributed by atoms with Crippen molar-refractivity contribution in [2.24, 2.45) is 5.92 Å². The molecule has 0 aliphatic carbocycles. The van der Waals surface area contributed by atoms with Gasteiger partial charge in [0.05, 0.1) is 0 Å². The Labute approximate surface area is 325 Å². The first-order chi connectivity index (χ1) is 25.0. The van der Waals surface area contributed by atoms with Gasteiger partial charge in [-0.25, -0.2) is 19.2 Å². The Hall–Kier alpha value is -4.80. The largest absolute Gasteiger partial charge is 0.481 e. The highest BCUT2D eigenvalue weighted by Gasteiger charge is 2.30. The molecule has 1 aromatic carbocycles.